The number of benzene rings is 1. The van der Waals surface area contributed by atoms with Crippen LogP contribution >= 0.6 is 11.8 Å². The van der Waals surface area contributed by atoms with E-state index in [0.29, 0.717) is 5.57 Å². The zero-order valence-electron chi connectivity index (χ0n) is 26.4. The largest absolute Gasteiger partial charge is 0.480 e. The van der Waals surface area contributed by atoms with Gasteiger partial charge in [-0.15, -0.1) is 11.8 Å². The van der Waals surface area contributed by atoms with Crippen LogP contribution in [0.1, 0.15) is 22.0 Å². The highest BCUT2D eigenvalue weighted by Gasteiger charge is 2.55. The molecule has 0 spiro atoms. The van der Waals surface area contributed by atoms with Gasteiger partial charge in [0.1, 0.15) is 35.8 Å². The number of hydrogen-bond donors (Lipinski definition) is 8. The Morgan fingerprint density at radius 2 is 1.75 bits per heavy atom. The third-order valence-corrected chi connectivity index (χ3v) is 9.27. The van der Waals surface area contributed by atoms with Crippen molar-refractivity contribution in [2.24, 2.45) is 11.5 Å². The third kappa shape index (κ3) is 7.99. The van der Waals surface area contributed by atoms with Gasteiger partial charge in [-0.05, 0) is 17.7 Å². The van der Waals surface area contributed by atoms with Crippen LogP contribution in [0.5, 0.6) is 0 Å². The van der Waals surface area contributed by atoms with Gasteiger partial charge >= 0.3 is 30.1 Å². The second-order valence-electron chi connectivity index (χ2n) is 11.3. The molecule has 2 aromatic rings. The number of nitrogens with zero attached hydrogens (tertiary/aromatic N) is 3. The molecule has 4 atom stereocenters. The fourth-order valence-electron chi connectivity index (χ4n) is 5.31. The van der Waals surface area contributed by atoms with Crippen LogP contribution in [0.2, 0.25) is 0 Å². The first kappa shape index (κ1) is 36.1. The lowest BCUT2D eigenvalue weighted by atomic mass is 10.0. The Kier molecular flexibility index (Phi) is 10.7. The minimum Gasteiger partial charge on any atom is -0.480 e. The number of hydrogen-bond acceptors (Lipinski definition) is 11. The summed E-state index contributed by atoms with van der Waals surface area (Å²) in [6, 6.07) is 2.81. The van der Waals surface area contributed by atoms with Crippen molar-refractivity contribution in [3.8, 4) is 0 Å². The summed E-state index contributed by atoms with van der Waals surface area (Å²) < 4.78 is 6.40. The van der Waals surface area contributed by atoms with Gasteiger partial charge in [-0.1, -0.05) is 12.1 Å². The minimum absolute atomic E-state index is 0.0322. The highest BCUT2D eigenvalue weighted by atomic mass is 32.2. The SMILES string of the molecule is NC(=O)c1cc[n+](CC2=C(C(=O)O)N3C(=O)[C@@H](NC(=O)[C@H](NC(=O)N4CCNC4=O)c4ccc(NC(=O)OC[C@@H](N)C(=O)O)cc4)[C@@H]3SC2)cc1. The van der Waals surface area contributed by atoms with Crippen LogP contribution in [0.15, 0.2) is 60.1 Å². The van der Waals surface area contributed by atoms with Gasteiger partial charge in [-0.25, -0.2) is 28.6 Å². The first-order valence-electron chi connectivity index (χ1n) is 15.1. The molecule has 3 aliphatic rings. The highest BCUT2D eigenvalue weighted by Crippen LogP contribution is 2.40. The van der Waals surface area contributed by atoms with Crippen LogP contribution in [0.4, 0.5) is 20.1 Å². The lowest BCUT2D eigenvalue weighted by Gasteiger charge is -2.49. The van der Waals surface area contributed by atoms with E-state index in [0.717, 1.165) is 9.80 Å². The number of primary amides is 1. The number of nitrogens with two attached hydrogens (primary N) is 2. The van der Waals surface area contributed by atoms with Crippen molar-refractivity contribution in [2.75, 3.05) is 30.8 Å². The molecule has 1 aromatic carbocycles. The van der Waals surface area contributed by atoms with E-state index in [1.165, 1.54) is 48.2 Å². The monoisotopic (exact) mass is 726 g/mol. The number of urea groups is 2. The van der Waals surface area contributed by atoms with E-state index in [4.69, 9.17) is 21.3 Å². The number of anilines is 1. The second-order valence-corrected chi connectivity index (χ2v) is 12.4. The summed E-state index contributed by atoms with van der Waals surface area (Å²) >= 11 is 1.22. The number of carbonyl (C=O) groups is 8. The Balaban J connectivity index is 1.31. The first-order valence-corrected chi connectivity index (χ1v) is 16.2. The molecule has 0 radical (unpaired) electrons. The topological polar surface area (TPSA) is 297 Å². The number of nitrogens with one attached hydrogen (secondary N) is 4. The summed E-state index contributed by atoms with van der Waals surface area (Å²) in [6.07, 6.45) is 2.10. The van der Waals surface area contributed by atoms with E-state index in [1.54, 1.807) is 17.0 Å². The lowest BCUT2D eigenvalue weighted by Crippen LogP contribution is -2.71. The minimum atomic E-state index is -1.46. The Morgan fingerprint density at radius 3 is 2.33 bits per heavy atom. The van der Waals surface area contributed by atoms with Crippen molar-refractivity contribution >= 4 is 65.3 Å². The number of amides is 8. The number of carbonyl (C=O) groups excluding carboxylic acids is 6. The zero-order valence-corrected chi connectivity index (χ0v) is 27.3. The maximum absolute atomic E-state index is 13.7. The van der Waals surface area contributed by atoms with Crippen LogP contribution in [-0.2, 0) is 30.5 Å². The fourth-order valence-corrected chi connectivity index (χ4v) is 6.64. The average Bonchev–Trinajstić information content (AvgIpc) is 3.54. The summed E-state index contributed by atoms with van der Waals surface area (Å²) in [5, 5.41) is 28.0. The number of fused-ring (bicyclic) bond motifs is 1. The number of carboxylic acids is 2. The number of ether oxygens (including phenoxy) is 1. The standard InChI is InChI=1S/C30H31N9O11S/c31-18(26(43)44)12-50-30(49)34-17-3-1-14(2-4-17)19(36-29(48)38-10-7-33-28(38)47)23(41)35-20-24(42)39-21(27(45)46)16(13-51-25(20)39)11-37-8-5-15(6-9-37)22(32)40/h1-6,8-9,18-20,25H,7,10-13,31H2,(H7-,32,33,34,35,36,40,41,43,44,45,46,47,48,49)/p+1/t18-,19-,20-,25+/m1/s1. The molecule has 2 fully saturated rings. The quantitative estimate of drug-likeness (QED) is 0.0890. The van der Waals surface area contributed by atoms with Gasteiger partial charge in [0.15, 0.2) is 18.9 Å². The van der Waals surface area contributed by atoms with Crippen molar-refractivity contribution in [3.63, 3.8) is 0 Å². The van der Waals surface area contributed by atoms with Crippen LogP contribution in [-0.4, -0.2) is 111 Å². The van der Waals surface area contributed by atoms with Gasteiger partial charge in [-0.2, -0.15) is 0 Å². The number of imide groups is 1. The smallest absolute Gasteiger partial charge is 0.411 e. The average molecular weight is 727 g/mol. The van der Waals surface area contributed by atoms with Gasteiger partial charge in [-0.3, -0.25) is 29.4 Å². The van der Waals surface area contributed by atoms with E-state index in [1.807, 2.05) is 0 Å². The molecule has 4 heterocycles. The molecule has 1 aromatic heterocycles. The Morgan fingerprint density at radius 1 is 1.06 bits per heavy atom. The van der Waals surface area contributed by atoms with E-state index < -0.39 is 77.9 Å². The van der Waals surface area contributed by atoms with Gasteiger partial charge in [0.2, 0.25) is 11.8 Å². The summed E-state index contributed by atoms with van der Waals surface area (Å²) in [5.41, 5.74) is 11.4. The number of β-lactam (4-membered cyclic amide) rings is 1. The van der Waals surface area contributed by atoms with Gasteiger partial charge in [0.25, 0.3) is 5.91 Å². The third-order valence-electron chi connectivity index (χ3n) is 7.93. The van der Waals surface area contributed by atoms with Crippen LogP contribution < -0.4 is 37.3 Å². The fraction of sp³-hybridized carbons (Fsp3) is 0.300. The van der Waals surface area contributed by atoms with Crippen molar-refractivity contribution in [3.05, 3.63) is 71.2 Å². The number of aliphatic carboxylic acids is 2. The highest BCUT2D eigenvalue weighted by molar-refractivity contribution is 8.00. The Bertz CT molecular complexity index is 1820. The number of rotatable bonds is 12. The van der Waals surface area contributed by atoms with Crippen molar-refractivity contribution in [2.45, 2.75) is 30.0 Å². The van der Waals surface area contributed by atoms with Crippen LogP contribution in [0.3, 0.4) is 0 Å². The van der Waals surface area contributed by atoms with E-state index in [2.05, 4.69) is 21.3 Å². The second kappa shape index (κ2) is 15.1. The van der Waals surface area contributed by atoms with E-state index in [9.17, 15) is 43.5 Å². The summed E-state index contributed by atoms with van der Waals surface area (Å²) in [6.45, 7) is -0.270. The Hall–Kier alpha value is -6.22. The van der Waals surface area contributed by atoms with E-state index in [-0.39, 0.29) is 47.9 Å². The molecule has 2 saturated heterocycles. The Labute approximate surface area is 292 Å². The number of thioether (sulfide) groups is 1. The van der Waals surface area contributed by atoms with Gasteiger partial charge in [0.05, 0.1) is 5.56 Å². The molecule has 268 valence electrons. The summed E-state index contributed by atoms with van der Waals surface area (Å²) in [5.74, 6) is -4.69. The molecule has 0 bridgehead atoms. The zero-order chi connectivity index (χ0) is 37.0. The summed E-state index contributed by atoms with van der Waals surface area (Å²) in [4.78, 5) is 101. The molecule has 20 nitrogen and oxygen atoms in total. The molecule has 8 amide bonds. The first-order chi connectivity index (χ1) is 24.2. The molecule has 3 aliphatic heterocycles. The van der Waals surface area contributed by atoms with Gasteiger partial charge < -0.3 is 42.4 Å². The number of carboxylic acid groups (broad SMARTS) is 2. The normalized spacial score (nSPS) is 19.2. The maximum Gasteiger partial charge on any atom is 0.411 e. The molecular formula is C30H32N9O11S+. The van der Waals surface area contributed by atoms with E-state index >= 15 is 0 Å². The lowest BCUT2D eigenvalue weighted by molar-refractivity contribution is -0.689. The number of pyridine rings is 1. The van der Waals surface area contributed by atoms with Gasteiger partial charge in [0, 0.05) is 42.2 Å². The molecule has 0 aliphatic carbocycles. The molecular weight excluding hydrogens is 694 g/mol. The van der Waals surface area contributed by atoms with Crippen molar-refractivity contribution < 1.29 is 57.9 Å². The molecule has 51 heavy (non-hydrogen) atoms. The van der Waals surface area contributed by atoms with Crippen LogP contribution in [0, 0.1) is 0 Å². The molecule has 21 heteroatoms. The molecule has 10 N–H and O–H groups in total. The molecule has 0 saturated carbocycles. The van der Waals surface area contributed by atoms with Crippen molar-refractivity contribution in [1.82, 2.24) is 25.8 Å². The predicted octanol–water partition coefficient (Wildman–Crippen LogP) is -1.75. The maximum atomic E-state index is 13.7. The molecule has 5 rings (SSSR count). The number of aromatic nitrogens is 1. The van der Waals surface area contributed by atoms with Crippen molar-refractivity contribution in [1.29, 1.82) is 0 Å². The molecule has 0 unspecified atom stereocenters. The van der Waals surface area contributed by atoms with Crippen LogP contribution in [0.25, 0.3) is 0 Å². The predicted molar refractivity (Wildman–Crippen MR) is 173 cm³/mol. The summed E-state index contributed by atoms with van der Waals surface area (Å²) in [7, 11) is 0.